The van der Waals surface area contributed by atoms with Crippen molar-refractivity contribution in [2.24, 2.45) is 0 Å². The molecule has 3 nitrogen and oxygen atoms in total. The summed E-state index contributed by atoms with van der Waals surface area (Å²) in [6, 6.07) is 8.73. The molecule has 0 radical (unpaired) electrons. The van der Waals surface area contributed by atoms with Crippen molar-refractivity contribution in [1.82, 2.24) is 5.48 Å². The zero-order valence-corrected chi connectivity index (χ0v) is 9.74. The smallest absolute Gasteiger partial charge is 0.0916 e. The number of hydrogen-bond donors (Lipinski definition) is 1. The third kappa shape index (κ3) is 3.59. The van der Waals surface area contributed by atoms with Crippen LogP contribution in [0.1, 0.15) is 29.9 Å². The largest absolute Gasteiger partial charge is 0.382 e. The second-order valence-corrected chi connectivity index (χ2v) is 4.18. The molecule has 0 saturated heterocycles. The third-order valence-electron chi connectivity index (χ3n) is 2.77. The van der Waals surface area contributed by atoms with Crippen LogP contribution in [0.3, 0.4) is 0 Å². The first-order valence-corrected chi connectivity index (χ1v) is 5.82. The van der Waals surface area contributed by atoms with E-state index in [1.807, 2.05) is 0 Å². The molecule has 1 aliphatic carbocycles. The van der Waals surface area contributed by atoms with Gasteiger partial charge >= 0.3 is 0 Å². The van der Waals surface area contributed by atoms with Crippen molar-refractivity contribution in [3.05, 3.63) is 35.4 Å². The summed E-state index contributed by atoms with van der Waals surface area (Å²) >= 11 is 0. The Morgan fingerprint density at radius 1 is 1.31 bits per heavy atom. The maximum atomic E-state index is 5.22. The van der Waals surface area contributed by atoms with E-state index in [0.717, 1.165) is 12.5 Å². The second kappa shape index (κ2) is 5.99. The average molecular weight is 221 g/mol. The van der Waals surface area contributed by atoms with Gasteiger partial charge in [0, 0.05) is 13.7 Å². The lowest BCUT2D eigenvalue weighted by molar-refractivity contribution is 0.00346. The van der Waals surface area contributed by atoms with Gasteiger partial charge < -0.3 is 4.74 Å². The highest BCUT2D eigenvalue weighted by atomic mass is 16.7. The highest BCUT2D eigenvalue weighted by molar-refractivity contribution is 5.28. The van der Waals surface area contributed by atoms with Crippen molar-refractivity contribution in [2.45, 2.75) is 25.3 Å². The van der Waals surface area contributed by atoms with Crippen molar-refractivity contribution in [3.8, 4) is 0 Å². The Kier molecular flexibility index (Phi) is 4.34. The van der Waals surface area contributed by atoms with E-state index in [1.165, 1.54) is 24.0 Å². The van der Waals surface area contributed by atoms with Crippen LogP contribution in [0, 0.1) is 0 Å². The Labute approximate surface area is 96.7 Å². The lowest BCUT2D eigenvalue weighted by Gasteiger charge is -2.06. The van der Waals surface area contributed by atoms with Crippen molar-refractivity contribution in [2.75, 3.05) is 20.3 Å². The van der Waals surface area contributed by atoms with Crippen LogP contribution in [-0.4, -0.2) is 20.3 Å². The Morgan fingerprint density at radius 2 is 2.19 bits per heavy atom. The molecule has 0 atom stereocenters. The maximum absolute atomic E-state index is 5.22. The van der Waals surface area contributed by atoms with Gasteiger partial charge in [0.15, 0.2) is 0 Å². The Hall–Kier alpha value is -0.900. The zero-order valence-electron chi connectivity index (χ0n) is 9.74. The first-order chi connectivity index (χ1) is 7.90. The second-order valence-electron chi connectivity index (χ2n) is 4.18. The summed E-state index contributed by atoms with van der Waals surface area (Å²) in [4.78, 5) is 5.22. The quantitative estimate of drug-likeness (QED) is 0.566. The number of rotatable bonds is 7. The molecule has 88 valence electrons. The molecule has 0 bridgehead atoms. The van der Waals surface area contributed by atoms with Gasteiger partial charge in [-0.15, -0.1) is 0 Å². The van der Waals surface area contributed by atoms with Gasteiger partial charge in [-0.2, -0.15) is 5.48 Å². The van der Waals surface area contributed by atoms with Gasteiger partial charge in [-0.1, -0.05) is 24.3 Å². The molecule has 0 unspecified atom stereocenters. The predicted octanol–water partition coefficient (Wildman–Crippen LogP) is 2.23. The van der Waals surface area contributed by atoms with Crippen molar-refractivity contribution in [1.29, 1.82) is 0 Å². The highest BCUT2D eigenvalue weighted by Gasteiger charge is 2.23. The Morgan fingerprint density at radius 3 is 2.94 bits per heavy atom. The number of hydroxylamine groups is 1. The summed E-state index contributed by atoms with van der Waals surface area (Å²) in [6.45, 7) is 1.96. The van der Waals surface area contributed by atoms with Gasteiger partial charge in [0.1, 0.15) is 0 Å². The average Bonchev–Trinajstić information content (AvgIpc) is 3.13. The van der Waals surface area contributed by atoms with Crippen molar-refractivity contribution >= 4 is 0 Å². The number of methoxy groups -OCH3 is 1. The van der Waals surface area contributed by atoms with Crippen molar-refractivity contribution in [3.63, 3.8) is 0 Å². The minimum absolute atomic E-state index is 0.582. The van der Waals surface area contributed by atoms with Gasteiger partial charge in [0.2, 0.25) is 0 Å². The fraction of sp³-hybridized carbons (Fsp3) is 0.538. The monoisotopic (exact) mass is 221 g/mol. The molecule has 3 heteroatoms. The van der Waals surface area contributed by atoms with E-state index < -0.39 is 0 Å². The molecule has 1 fully saturated rings. The number of hydrogen-bond acceptors (Lipinski definition) is 3. The lowest BCUT2D eigenvalue weighted by atomic mass is 10.1. The lowest BCUT2D eigenvalue weighted by Crippen LogP contribution is -2.17. The van der Waals surface area contributed by atoms with E-state index >= 15 is 0 Å². The topological polar surface area (TPSA) is 30.5 Å². The summed E-state index contributed by atoms with van der Waals surface area (Å²) in [6.07, 6.45) is 2.70. The van der Waals surface area contributed by atoms with Crippen LogP contribution in [0.4, 0.5) is 0 Å². The van der Waals surface area contributed by atoms with E-state index in [2.05, 4.69) is 29.7 Å². The van der Waals surface area contributed by atoms with Crippen LogP contribution in [0.5, 0.6) is 0 Å². The van der Waals surface area contributed by atoms with E-state index in [4.69, 9.17) is 9.57 Å². The fourth-order valence-electron chi connectivity index (χ4n) is 1.71. The molecular weight excluding hydrogens is 202 g/mol. The predicted molar refractivity (Wildman–Crippen MR) is 63.1 cm³/mol. The molecule has 0 aromatic heterocycles. The normalized spacial score (nSPS) is 15.3. The van der Waals surface area contributed by atoms with Gasteiger partial charge in [-0.3, -0.25) is 4.84 Å². The minimum atomic E-state index is 0.582. The van der Waals surface area contributed by atoms with E-state index in [-0.39, 0.29) is 0 Å². The molecule has 0 aliphatic heterocycles. The van der Waals surface area contributed by atoms with Crippen LogP contribution < -0.4 is 5.48 Å². The molecule has 2 rings (SSSR count). The first-order valence-electron chi connectivity index (χ1n) is 5.82. The fourth-order valence-corrected chi connectivity index (χ4v) is 1.71. The summed E-state index contributed by atoms with van der Waals surface area (Å²) in [7, 11) is 1.67. The van der Waals surface area contributed by atoms with Crippen LogP contribution in [-0.2, 0) is 16.1 Å². The SMILES string of the molecule is COCCONCc1cccc(C2CC2)c1. The molecule has 1 saturated carbocycles. The van der Waals surface area contributed by atoms with Gasteiger partial charge in [0.05, 0.1) is 13.2 Å². The Bertz CT molecular complexity index is 323. The maximum Gasteiger partial charge on any atom is 0.0916 e. The summed E-state index contributed by atoms with van der Waals surface area (Å²) in [5.41, 5.74) is 5.69. The standard InChI is InChI=1S/C13H19NO2/c1-15-7-8-16-14-10-11-3-2-4-13(9-11)12-5-6-12/h2-4,9,12,14H,5-8,10H2,1H3. The van der Waals surface area contributed by atoms with Crippen molar-refractivity contribution < 1.29 is 9.57 Å². The van der Waals surface area contributed by atoms with Crippen LogP contribution in [0.15, 0.2) is 24.3 Å². The van der Waals surface area contributed by atoms with Crippen LogP contribution in [0.2, 0.25) is 0 Å². The molecule has 1 aromatic rings. The summed E-state index contributed by atoms with van der Waals surface area (Å²) in [5.74, 6) is 0.814. The van der Waals surface area contributed by atoms with E-state index in [0.29, 0.717) is 13.2 Å². The molecule has 1 N–H and O–H groups in total. The number of benzene rings is 1. The molecule has 16 heavy (non-hydrogen) atoms. The summed E-state index contributed by atoms with van der Waals surface area (Å²) < 4.78 is 4.89. The molecule has 1 aromatic carbocycles. The first kappa shape index (κ1) is 11.6. The van der Waals surface area contributed by atoms with Gasteiger partial charge in [-0.25, -0.2) is 0 Å². The molecule has 0 amide bonds. The van der Waals surface area contributed by atoms with Gasteiger partial charge in [-0.05, 0) is 29.9 Å². The van der Waals surface area contributed by atoms with Gasteiger partial charge in [0.25, 0.3) is 0 Å². The van der Waals surface area contributed by atoms with E-state index in [9.17, 15) is 0 Å². The highest BCUT2D eigenvalue weighted by Crippen LogP contribution is 2.40. The molecule has 1 aliphatic rings. The number of nitrogens with one attached hydrogen (secondary N) is 1. The number of ether oxygens (including phenoxy) is 1. The third-order valence-corrected chi connectivity index (χ3v) is 2.77. The Balaban J connectivity index is 1.73. The van der Waals surface area contributed by atoms with Crippen LogP contribution >= 0.6 is 0 Å². The summed E-state index contributed by atoms with van der Waals surface area (Å²) in [5, 5.41) is 0. The molecule has 0 spiro atoms. The van der Waals surface area contributed by atoms with E-state index in [1.54, 1.807) is 7.11 Å². The molecule has 0 heterocycles. The minimum Gasteiger partial charge on any atom is -0.382 e. The van der Waals surface area contributed by atoms with Crippen LogP contribution in [0.25, 0.3) is 0 Å². The molecular formula is C13H19NO2. The zero-order chi connectivity index (χ0) is 11.2.